The number of nitrogens with one attached hydrogen (secondary N) is 1. The molecule has 1 N–H and O–H groups in total. The van der Waals surface area contributed by atoms with E-state index in [2.05, 4.69) is 11.2 Å². The number of benzene rings is 1. The highest BCUT2D eigenvalue weighted by Gasteiger charge is 2.38. The molecule has 1 fully saturated rings. The summed E-state index contributed by atoms with van der Waals surface area (Å²) in [6.07, 6.45) is 4.27. The van der Waals surface area contributed by atoms with Crippen molar-refractivity contribution in [1.82, 2.24) is 14.6 Å². The van der Waals surface area contributed by atoms with Crippen LogP contribution in [0, 0.1) is 12.3 Å². The molecule has 1 aromatic carbocycles. The molecule has 2 heterocycles. The van der Waals surface area contributed by atoms with Crippen molar-refractivity contribution in [2.45, 2.75) is 52.2 Å². The van der Waals surface area contributed by atoms with Gasteiger partial charge in [0.15, 0.2) is 5.65 Å². The average molecular weight is 391 g/mol. The number of hydrogen-bond donors (Lipinski definition) is 1. The van der Waals surface area contributed by atoms with Crippen LogP contribution in [0.15, 0.2) is 36.5 Å². The smallest absolute Gasteiger partial charge is 0.416 e. The van der Waals surface area contributed by atoms with Crippen LogP contribution in [0.25, 0.3) is 16.9 Å². The van der Waals surface area contributed by atoms with Crippen molar-refractivity contribution in [3.63, 3.8) is 0 Å². The number of rotatable bonds is 4. The second kappa shape index (κ2) is 6.99. The molecule has 0 bridgehead atoms. The van der Waals surface area contributed by atoms with E-state index in [0.717, 1.165) is 29.7 Å². The maximum Gasteiger partial charge on any atom is 0.416 e. The fraction of sp³-hybridized carbons (Fsp3) is 0.364. The second-order valence-corrected chi connectivity index (χ2v) is 8.43. The molecule has 4 rings (SSSR count). The molecule has 29 heavy (non-hydrogen) atoms. The molecule has 1 aliphatic carbocycles. The van der Waals surface area contributed by atoms with E-state index in [1.165, 1.54) is 6.21 Å². The number of amides is 1. The predicted octanol–water partition coefficient (Wildman–Crippen LogP) is 4.61. The molecule has 1 amide bonds. The number of aromatic nitrogens is 3. The summed E-state index contributed by atoms with van der Waals surface area (Å²) in [6, 6.07) is 10.0. The maximum absolute atomic E-state index is 13.1. The van der Waals surface area contributed by atoms with Crippen LogP contribution in [-0.4, -0.2) is 38.5 Å². The van der Waals surface area contributed by atoms with Crippen molar-refractivity contribution in [2.75, 3.05) is 4.90 Å². The molecule has 150 valence electrons. The van der Waals surface area contributed by atoms with E-state index in [1.54, 1.807) is 15.6 Å². The van der Waals surface area contributed by atoms with Crippen LogP contribution in [0.1, 0.15) is 44.7 Å². The van der Waals surface area contributed by atoms with Crippen LogP contribution in [-0.2, 0) is 4.74 Å². The minimum Gasteiger partial charge on any atom is -0.443 e. The van der Waals surface area contributed by atoms with Crippen molar-refractivity contribution in [3.8, 4) is 11.3 Å². The summed E-state index contributed by atoms with van der Waals surface area (Å²) < 4.78 is 7.31. The molecular formula is C22H25N5O2. The van der Waals surface area contributed by atoms with Crippen molar-refractivity contribution in [3.05, 3.63) is 47.7 Å². The van der Waals surface area contributed by atoms with Gasteiger partial charge in [-0.25, -0.2) is 9.78 Å². The van der Waals surface area contributed by atoms with Crippen LogP contribution in [0.5, 0.6) is 0 Å². The highest BCUT2D eigenvalue weighted by atomic mass is 16.6. The number of carbonyl (C=O) groups excluding carboxylic acids is 1. The number of carbonyl (C=O) groups is 1. The van der Waals surface area contributed by atoms with E-state index in [1.807, 2.05) is 52.0 Å². The Morgan fingerprint density at radius 1 is 1.31 bits per heavy atom. The van der Waals surface area contributed by atoms with E-state index in [4.69, 9.17) is 15.1 Å². The lowest BCUT2D eigenvalue weighted by atomic mass is 10.1. The third kappa shape index (κ3) is 3.85. The molecule has 3 aromatic rings. The van der Waals surface area contributed by atoms with Crippen molar-refractivity contribution < 1.29 is 9.53 Å². The minimum atomic E-state index is -0.597. The summed E-state index contributed by atoms with van der Waals surface area (Å²) in [5.74, 6) is 0.608. The Morgan fingerprint density at radius 3 is 2.69 bits per heavy atom. The fourth-order valence-corrected chi connectivity index (χ4v) is 3.26. The minimum absolute atomic E-state index is 0.0773. The Kier molecular flexibility index (Phi) is 4.61. The van der Waals surface area contributed by atoms with Crippen LogP contribution in [0.2, 0.25) is 0 Å². The lowest BCUT2D eigenvalue weighted by molar-refractivity contribution is 0.0576. The fourth-order valence-electron chi connectivity index (χ4n) is 3.26. The summed E-state index contributed by atoms with van der Waals surface area (Å²) >= 11 is 0. The van der Waals surface area contributed by atoms with Crippen LogP contribution in [0.3, 0.4) is 0 Å². The zero-order valence-electron chi connectivity index (χ0n) is 17.1. The van der Waals surface area contributed by atoms with Gasteiger partial charge in [-0.05, 0) is 46.6 Å². The normalized spacial score (nSPS) is 14.1. The summed E-state index contributed by atoms with van der Waals surface area (Å²) in [7, 11) is 0. The molecule has 1 saturated carbocycles. The molecule has 2 aromatic heterocycles. The first kappa shape index (κ1) is 19.1. The van der Waals surface area contributed by atoms with Crippen molar-refractivity contribution >= 4 is 23.8 Å². The predicted molar refractivity (Wildman–Crippen MR) is 113 cm³/mol. The average Bonchev–Trinajstić information content (AvgIpc) is 3.38. The Morgan fingerprint density at radius 2 is 2.07 bits per heavy atom. The molecular weight excluding hydrogens is 366 g/mol. The van der Waals surface area contributed by atoms with Crippen molar-refractivity contribution in [1.29, 1.82) is 5.41 Å². The first-order chi connectivity index (χ1) is 13.8. The van der Waals surface area contributed by atoms with E-state index in [0.29, 0.717) is 17.0 Å². The molecule has 0 unspecified atom stereocenters. The van der Waals surface area contributed by atoms with Gasteiger partial charge in [0.2, 0.25) is 0 Å². The second-order valence-electron chi connectivity index (χ2n) is 8.43. The molecule has 7 nitrogen and oxygen atoms in total. The molecule has 0 radical (unpaired) electrons. The molecule has 0 spiro atoms. The summed E-state index contributed by atoms with van der Waals surface area (Å²) in [5, 5.41) is 12.1. The molecule has 7 heteroatoms. The molecule has 0 aliphatic heterocycles. The number of ether oxygens (including phenoxy) is 1. The topological polar surface area (TPSA) is 83.6 Å². The molecule has 0 atom stereocenters. The first-order valence-corrected chi connectivity index (χ1v) is 9.75. The standard InChI is InChI=1S/C22H25N5O2/c1-14-6-5-7-15(10-14)18-11-19(27-20(25-18)16(12-23)13-24-27)26(17-8-9-17)21(28)29-22(2,3)4/h5-7,10-13,17,23H,8-9H2,1-4H3. The Bertz CT molecular complexity index is 1090. The lowest BCUT2D eigenvalue weighted by Gasteiger charge is -2.27. The quantitative estimate of drug-likeness (QED) is 0.659. The van der Waals surface area contributed by atoms with Gasteiger partial charge in [0.05, 0.1) is 17.5 Å². The zero-order valence-corrected chi connectivity index (χ0v) is 17.1. The van der Waals surface area contributed by atoms with Crippen molar-refractivity contribution in [2.24, 2.45) is 0 Å². The van der Waals surface area contributed by atoms with Crippen LogP contribution < -0.4 is 4.90 Å². The zero-order chi connectivity index (χ0) is 20.8. The first-order valence-electron chi connectivity index (χ1n) is 9.75. The molecule has 1 aliphatic rings. The van der Waals surface area contributed by atoms with Gasteiger partial charge in [-0.1, -0.05) is 23.8 Å². The van der Waals surface area contributed by atoms with E-state index in [9.17, 15) is 4.79 Å². The van der Waals surface area contributed by atoms with Gasteiger partial charge in [-0.3, -0.25) is 4.90 Å². The van der Waals surface area contributed by atoms with Crippen LogP contribution in [0.4, 0.5) is 10.6 Å². The van der Waals surface area contributed by atoms with Gasteiger partial charge in [0.25, 0.3) is 0 Å². The van der Waals surface area contributed by atoms with Gasteiger partial charge >= 0.3 is 6.09 Å². The largest absolute Gasteiger partial charge is 0.443 e. The van der Waals surface area contributed by atoms with Gasteiger partial charge in [-0.15, -0.1) is 0 Å². The monoisotopic (exact) mass is 391 g/mol. The highest BCUT2D eigenvalue weighted by molar-refractivity contribution is 5.91. The third-order valence-electron chi connectivity index (χ3n) is 4.70. The summed E-state index contributed by atoms with van der Waals surface area (Å²) in [4.78, 5) is 19.5. The molecule has 0 saturated heterocycles. The Hall–Kier alpha value is -3.22. The van der Waals surface area contributed by atoms with Gasteiger partial charge < -0.3 is 10.1 Å². The van der Waals surface area contributed by atoms with E-state index in [-0.39, 0.29) is 6.04 Å². The number of fused-ring (bicyclic) bond motifs is 1. The lowest BCUT2D eigenvalue weighted by Crippen LogP contribution is -2.39. The summed E-state index contributed by atoms with van der Waals surface area (Å²) in [5.41, 5.74) is 3.35. The van der Waals surface area contributed by atoms with Gasteiger partial charge in [0.1, 0.15) is 11.4 Å². The Labute approximate surface area is 169 Å². The Balaban J connectivity index is 1.91. The number of anilines is 1. The van der Waals surface area contributed by atoms with Gasteiger partial charge in [0, 0.05) is 23.9 Å². The van der Waals surface area contributed by atoms with E-state index < -0.39 is 11.7 Å². The highest BCUT2D eigenvalue weighted by Crippen LogP contribution is 2.35. The van der Waals surface area contributed by atoms with Crippen LogP contribution >= 0.6 is 0 Å². The number of aryl methyl sites for hydroxylation is 1. The number of nitrogens with zero attached hydrogens (tertiary/aromatic N) is 4. The SMILES string of the molecule is Cc1cccc(-c2cc(N(C(=O)OC(C)(C)C)C3CC3)n3ncc(C=N)c3n2)c1. The van der Waals surface area contributed by atoms with Gasteiger partial charge in [-0.2, -0.15) is 9.61 Å². The number of hydrogen-bond acceptors (Lipinski definition) is 5. The maximum atomic E-state index is 13.1. The third-order valence-corrected chi connectivity index (χ3v) is 4.70. The van der Waals surface area contributed by atoms with E-state index >= 15 is 0 Å². The summed E-state index contributed by atoms with van der Waals surface area (Å²) in [6.45, 7) is 7.61.